The average Bonchev–Trinajstić information content (AvgIpc) is 2.47. The minimum atomic E-state index is -3.77. The molecule has 21 heavy (non-hydrogen) atoms. The minimum absolute atomic E-state index is 0.0226. The molecule has 112 valence electrons. The van der Waals surface area contributed by atoms with Gasteiger partial charge in [-0.1, -0.05) is 13.8 Å². The second kappa shape index (κ2) is 5.93. The molecule has 2 rings (SSSR count). The van der Waals surface area contributed by atoms with Gasteiger partial charge in [-0.15, -0.1) is 0 Å². The Balaban J connectivity index is 2.56. The largest absolute Gasteiger partial charge is 0.219 e. The summed E-state index contributed by atoms with van der Waals surface area (Å²) in [5.74, 6) is -0.852. The number of benzene rings is 2. The fraction of sp³-hybridized carbons (Fsp3) is 0.250. The normalized spacial score (nSPS) is 11.6. The Morgan fingerprint density at radius 2 is 1.19 bits per heavy atom. The highest BCUT2D eigenvalue weighted by Crippen LogP contribution is 2.25. The van der Waals surface area contributed by atoms with Gasteiger partial charge in [0.2, 0.25) is 9.84 Å². The molecule has 0 N–H and O–H groups in total. The second-order valence-corrected chi connectivity index (χ2v) is 6.67. The Kier molecular flexibility index (Phi) is 4.42. The first-order valence-corrected chi connectivity index (χ1v) is 8.20. The van der Waals surface area contributed by atoms with Crippen molar-refractivity contribution in [3.63, 3.8) is 0 Å². The van der Waals surface area contributed by atoms with E-state index >= 15 is 0 Å². The molecule has 0 fully saturated rings. The molecule has 0 spiro atoms. The van der Waals surface area contributed by atoms with Crippen LogP contribution in [0.3, 0.4) is 0 Å². The summed E-state index contributed by atoms with van der Waals surface area (Å²) in [5.41, 5.74) is 0.683. The third-order valence-electron chi connectivity index (χ3n) is 3.42. The van der Waals surface area contributed by atoms with Crippen LogP contribution < -0.4 is 0 Å². The SMILES string of the molecule is CCc1cc(S(=O)(=O)c2ccc(F)c(CC)c2)ccc1F. The first kappa shape index (κ1) is 15.6. The van der Waals surface area contributed by atoms with Crippen molar-refractivity contribution in [2.45, 2.75) is 36.5 Å². The maximum Gasteiger partial charge on any atom is 0.206 e. The summed E-state index contributed by atoms with van der Waals surface area (Å²) in [5, 5.41) is 0. The van der Waals surface area contributed by atoms with Crippen molar-refractivity contribution in [1.82, 2.24) is 0 Å². The smallest absolute Gasteiger partial charge is 0.206 e. The second-order valence-electron chi connectivity index (χ2n) is 4.72. The Hall–Kier alpha value is -1.75. The van der Waals surface area contributed by atoms with Gasteiger partial charge in [0.1, 0.15) is 11.6 Å². The van der Waals surface area contributed by atoms with E-state index < -0.39 is 21.5 Å². The summed E-state index contributed by atoms with van der Waals surface area (Å²) < 4.78 is 52.1. The van der Waals surface area contributed by atoms with E-state index in [0.29, 0.717) is 24.0 Å². The Labute approximate surface area is 123 Å². The van der Waals surface area contributed by atoms with Crippen LogP contribution in [0.5, 0.6) is 0 Å². The molecule has 0 heterocycles. The predicted octanol–water partition coefficient (Wildman–Crippen LogP) is 3.92. The van der Waals surface area contributed by atoms with Crippen LogP contribution in [0.25, 0.3) is 0 Å². The van der Waals surface area contributed by atoms with Crippen LogP contribution >= 0.6 is 0 Å². The molecule has 0 atom stereocenters. The summed E-state index contributed by atoms with van der Waals surface area (Å²) in [6, 6.07) is 7.43. The highest BCUT2D eigenvalue weighted by Gasteiger charge is 2.20. The third-order valence-corrected chi connectivity index (χ3v) is 5.17. The number of halogens is 2. The first-order valence-electron chi connectivity index (χ1n) is 6.72. The lowest BCUT2D eigenvalue weighted by Crippen LogP contribution is -2.05. The molecule has 0 saturated heterocycles. The highest BCUT2D eigenvalue weighted by molar-refractivity contribution is 7.91. The number of sulfone groups is 1. The Bertz CT molecular complexity index is 708. The van der Waals surface area contributed by atoms with Crippen molar-refractivity contribution in [1.29, 1.82) is 0 Å². The third kappa shape index (κ3) is 2.97. The van der Waals surface area contributed by atoms with E-state index in [-0.39, 0.29) is 9.79 Å². The number of rotatable bonds is 4. The molecule has 0 aliphatic carbocycles. The fourth-order valence-corrected chi connectivity index (χ4v) is 3.48. The highest BCUT2D eigenvalue weighted by atomic mass is 32.2. The molecule has 0 unspecified atom stereocenters. The summed E-state index contributed by atoms with van der Waals surface area (Å²) in [6.07, 6.45) is 0.803. The maximum atomic E-state index is 13.5. The van der Waals surface area contributed by atoms with E-state index in [1.807, 2.05) is 0 Å². The van der Waals surface area contributed by atoms with Crippen LogP contribution in [0.15, 0.2) is 46.2 Å². The van der Waals surface area contributed by atoms with Gasteiger partial charge in [0.15, 0.2) is 0 Å². The zero-order chi connectivity index (χ0) is 15.6. The molecule has 0 aliphatic heterocycles. The summed E-state index contributed by atoms with van der Waals surface area (Å²) in [6.45, 7) is 3.50. The van der Waals surface area contributed by atoms with Gasteiger partial charge in [-0.05, 0) is 60.4 Å². The van der Waals surface area contributed by atoms with Gasteiger partial charge < -0.3 is 0 Å². The minimum Gasteiger partial charge on any atom is -0.219 e. The van der Waals surface area contributed by atoms with Crippen LogP contribution in [0, 0.1) is 11.6 Å². The lowest BCUT2D eigenvalue weighted by atomic mass is 10.1. The van der Waals surface area contributed by atoms with Crippen LogP contribution in [0.4, 0.5) is 8.78 Å². The number of aryl methyl sites for hydroxylation is 2. The van der Waals surface area contributed by atoms with Crippen molar-refractivity contribution in [2.24, 2.45) is 0 Å². The lowest BCUT2D eigenvalue weighted by molar-refractivity contribution is 0.590. The number of hydrogen-bond donors (Lipinski definition) is 0. The van der Waals surface area contributed by atoms with Crippen molar-refractivity contribution < 1.29 is 17.2 Å². The van der Waals surface area contributed by atoms with Gasteiger partial charge in [-0.3, -0.25) is 0 Å². The molecule has 0 saturated carbocycles. The van der Waals surface area contributed by atoms with Crippen molar-refractivity contribution in [2.75, 3.05) is 0 Å². The molecule has 0 aliphatic rings. The molecule has 5 heteroatoms. The standard InChI is InChI=1S/C16H16F2O2S/c1-3-11-9-13(5-7-15(11)17)21(19,20)14-6-8-16(18)12(4-2)10-14/h5-10H,3-4H2,1-2H3. The van der Waals surface area contributed by atoms with Crippen molar-refractivity contribution in [3.05, 3.63) is 59.2 Å². The molecule has 2 aromatic carbocycles. The summed E-state index contributed by atoms with van der Waals surface area (Å²) in [7, 11) is -3.77. The predicted molar refractivity (Wildman–Crippen MR) is 77.0 cm³/mol. The van der Waals surface area contributed by atoms with Crippen molar-refractivity contribution in [3.8, 4) is 0 Å². The lowest BCUT2D eigenvalue weighted by Gasteiger charge is -2.09. The molecule has 0 bridgehead atoms. The van der Waals surface area contributed by atoms with Gasteiger partial charge in [0.25, 0.3) is 0 Å². The van der Waals surface area contributed by atoms with Gasteiger partial charge in [0.05, 0.1) is 9.79 Å². The molecular weight excluding hydrogens is 294 g/mol. The first-order chi connectivity index (χ1) is 9.90. The average molecular weight is 310 g/mol. The molecule has 0 radical (unpaired) electrons. The van der Waals surface area contributed by atoms with E-state index in [2.05, 4.69) is 0 Å². The van der Waals surface area contributed by atoms with Gasteiger partial charge in [-0.25, -0.2) is 17.2 Å². The molecule has 2 nitrogen and oxygen atoms in total. The fourth-order valence-electron chi connectivity index (χ4n) is 2.11. The molecule has 0 aromatic heterocycles. The number of hydrogen-bond acceptors (Lipinski definition) is 2. The molecular formula is C16H16F2O2S. The van der Waals surface area contributed by atoms with E-state index in [0.717, 1.165) is 12.1 Å². The molecule has 0 amide bonds. The Morgan fingerprint density at radius 3 is 1.52 bits per heavy atom. The van der Waals surface area contributed by atoms with Gasteiger partial charge >= 0.3 is 0 Å². The summed E-state index contributed by atoms with van der Waals surface area (Å²) >= 11 is 0. The van der Waals surface area contributed by atoms with Gasteiger partial charge in [-0.2, -0.15) is 0 Å². The van der Waals surface area contributed by atoms with Crippen molar-refractivity contribution >= 4 is 9.84 Å². The van der Waals surface area contributed by atoms with E-state index in [9.17, 15) is 17.2 Å². The van der Waals surface area contributed by atoms with Crippen LogP contribution in [0.2, 0.25) is 0 Å². The summed E-state index contributed by atoms with van der Waals surface area (Å²) in [4.78, 5) is 0.0452. The Morgan fingerprint density at radius 1 is 0.810 bits per heavy atom. The van der Waals surface area contributed by atoms with Gasteiger partial charge in [0, 0.05) is 0 Å². The monoisotopic (exact) mass is 310 g/mol. The van der Waals surface area contributed by atoms with E-state index in [1.54, 1.807) is 13.8 Å². The maximum absolute atomic E-state index is 13.5. The topological polar surface area (TPSA) is 34.1 Å². The zero-order valence-electron chi connectivity index (χ0n) is 11.9. The van der Waals surface area contributed by atoms with E-state index in [1.165, 1.54) is 24.3 Å². The van der Waals surface area contributed by atoms with Crippen LogP contribution in [-0.2, 0) is 22.7 Å². The van der Waals surface area contributed by atoms with E-state index in [4.69, 9.17) is 0 Å². The van der Waals surface area contributed by atoms with Crippen LogP contribution in [-0.4, -0.2) is 8.42 Å². The molecule has 2 aromatic rings. The van der Waals surface area contributed by atoms with Crippen LogP contribution in [0.1, 0.15) is 25.0 Å². The zero-order valence-corrected chi connectivity index (χ0v) is 12.7. The quantitative estimate of drug-likeness (QED) is 0.802.